The summed E-state index contributed by atoms with van der Waals surface area (Å²) in [4.78, 5) is 25.2. The quantitative estimate of drug-likeness (QED) is 0.516. The summed E-state index contributed by atoms with van der Waals surface area (Å²) in [6, 6.07) is 7.49. The smallest absolute Gasteiger partial charge is 0.182 e. The molecule has 0 bridgehead atoms. The van der Waals surface area contributed by atoms with Crippen molar-refractivity contribution in [3.8, 4) is 22.9 Å². The highest BCUT2D eigenvalue weighted by Gasteiger charge is 2.23. The number of aromatic nitrogens is 6. The van der Waals surface area contributed by atoms with Gasteiger partial charge in [-0.3, -0.25) is 9.97 Å². The van der Waals surface area contributed by atoms with Crippen molar-refractivity contribution in [3.63, 3.8) is 0 Å². The third kappa shape index (κ3) is 3.30. The van der Waals surface area contributed by atoms with Crippen LogP contribution in [-0.4, -0.2) is 55.8 Å². The summed E-state index contributed by atoms with van der Waals surface area (Å²) in [6.07, 6.45) is 5.11. The molecule has 0 radical (unpaired) electrons. The Morgan fingerprint density at radius 3 is 2.52 bits per heavy atom. The van der Waals surface area contributed by atoms with Gasteiger partial charge in [-0.15, -0.1) is 0 Å². The zero-order valence-electron chi connectivity index (χ0n) is 15.8. The molecule has 0 unspecified atom stereocenters. The van der Waals surface area contributed by atoms with Gasteiger partial charge < -0.3 is 14.2 Å². The Bertz CT molecular complexity index is 1160. The van der Waals surface area contributed by atoms with Crippen molar-refractivity contribution in [1.82, 2.24) is 29.5 Å². The zero-order chi connectivity index (χ0) is 19.8. The van der Waals surface area contributed by atoms with E-state index in [1.54, 1.807) is 24.7 Å². The molecule has 146 valence electrons. The molecule has 1 fully saturated rings. The fourth-order valence-corrected chi connectivity index (χ4v) is 3.54. The zero-order valence-corrected chi connectivity index (χ0v) is 16.5. The molecule has 1 saturated heterocycles. The molecule has 4 aromatic heterocycles. The van der Waals surface area contributed by atoms with Crippen LogP contribution in [-0.2, 0) is 11.8 Å². The number of hydrogen-bond donors (Lipinski definition) is 0. The van der Waals surface area contributed by atoms with Crippen LogP contribution >= 0.6 is 11.6 Å². The minimum absolute atomic E-state index is 0.542. The number of nitrogens with zero attached hydrogens (tertiary/aromatic N) is 7. The third-order valence-electron chi connectivity index (χ3n) is 4.91. The van der Waals surface area contributed by atoms with Crippen molar-refractivity contribution in [3.05, 3.63) is 47.9 Å². The average molecular weight is 408 g/mol. The number of imidazole rings is 1. The van der Waals surface area contributed by atoms with Crippen LogP contribution in [0.5, 0.6) is 0 Å². The van der Waals surface area contributed by atoms with Gasteiger partial charge in [0.05, 0.1) is 18.2 Å². The number of hydrogen-bond acceptors (Lipinski definition) is 7. The molecule has 1 aliphatic rings. The average Bonchev–Trinajstić information content (AvgIpc) is 3.11. The van der Waals surface area contributed by atoms with Crippen LogP contribution in [0.4, 0.5) is 5.82 Å². The maximum absolute atomic E-state index is 6.00. The lowest BCUT2D eigenvalue weighted by Crippen LogP contribution is -2.37. The second-order valence-electron chi connectivity index (χ2n) is 6.73. The SMILES string of the molecule is Cn1c(-c2ccncc2)nc2c(N3CCOCC3)nc(-c3ccc(Cl)cn3)nc21. The van der Waals surface area contributed by atoms with Gasteiger partial charge >= 0.3 is 0 Å². The number of aryl methyl sites for hydroxylation is 1. The molecular weight excluding hydrogens is 390 g/mol. The number of anilines is 1. The standard InChI is InChI=1S/C20H18ClN7O/c1-27-18(13-4-6-22-7-5-13)24-16-19(27)25-17(15-3-2-14(21)12-23-15)26-20(16)28-8-10-29-11-9-28/h2-7,12H,8-11H2,1H3. The van der Waals surface area contributed by atoms with Crippen LogP contribution in [0, 0.1) is 0 Å². The molecule has 1 aliphatic heterocycles. The van der Waals surface area contributed by atoms with Crippen molar-refractivity contribution >= 4 is 28.6 Å². The maximum atomic E-state index is 6.00. The molecule has 0 aliphatic carbocycles. The van der Waals surface area contributed by atoms with Crippen LogP contribution in [0.25, 0.3) is 34.1 Å². The van der Waals surface area contributed by atoms with Gasteiger partial charge in [0.15, 0.2) is 22.8 Å². The van der Waals surface area contributed by atoms with E-state index in [9.17, 15) is 0 Å². The summed E-state index contributed by atoms with van der Waals surface area (Å²) in [5.41, 5.74) is 3.15. The predicted octanol–water partition coefficient (Wildman–Crippen LogP) is 2.98. The van der Waals surface area contributed by atoms with E-state index in [1.807, 2.05) is 29.8 Å². The molecule has 29 heavy (non-hydrogen) atoms. The van der Waals surface area contributed by atoms with Crippen LogP contribution in [0.15, 0.2) is 42.9 Å². The Labute approximate surface area is 172 Å². The van der Waals surface area contributed by atoms with E-state index in [4.69, 9.17) is 31.3 Å². The summed E-state index contributed by atoms with van der Waals surface area (Å²) in [5.74, 6) is 2.15. The first-order valence-electron chi connectivity index (χ1n) is 9.30. The van der Waals surface area contributed by atoms with Crippen molar-refractivity contribution in [1.29, 1.82) is 0 Å². The summed E-state index contributed by atoms with van der Waals surface area (Å²) in [5, 5.41) is 0.573. The van der Waals surface area contributed by atoms with Crippen LogP contribution in [0.3, 0.4) is 0 Å². The number of rotatable bonds is 3. The lowest BCUT2D eigenvalue weighted by Gasteiger charge is -2.28. The highest BCUT2D eigenvalue weighted by atomic mass is 35.5. The van der Waals surface area contributed by atoms with Crippen LogP contribution in [0.2, 0.25) is 5.02 Å². The minimum atomic E-state index is 0.542. The second-order valence-corrected chi connectivity index (χ2v) is 7.17. The van der Waals surface area contributed by atoms with Crippen molar-refractivity contribution in [2.75, 3.05) is 31.2 Å². The first-order valence-corrected chi connectivity index (χ1v) is 9.68. The Morgan fingerprint density at radius 1 is 1.00 bits per heavy atom. The van der Waals surface area contributed by atoms with Gasteiger partial charge in [0.2, 0.25) is 0 Å². The first kappa shape index (κ1) is 18.0. The van der Waals surface area contributed by atoms with Gasteiger partial charge in [-0.05, 0) is 24.3 Å². The highest BCUT2D eigenvalue weighted by Crippen LogP contribution is 2.30. The molecule has 9 heteroatoms. The molecule has 5 heterocycles. The van der Waals surface area contributed by atoms with Crippen molar-refractivity contribution in [2.45, 2.75) is 0 Å². The molecule has 0 saturated carbocycles. The molecule has 0 atom stereocenters. The topological polar surface area (TPSA) is 81.9 Å². The largest absolute Gasteiger partial charge is 0.378 e. The van der Waals surface area contributed by atoms with Gasteiger partial charge in [0.25, 0.3) is 0 Å². The number of pyridine rings is 2. The lowest BCUT2D eigenvalue weighted by atomic mass is 10.2. The predicted molar refractivity (Wildman–Crippen MR) is 111 cm³/mol. The molecule has 5 rings (SSSR count). The molecule has 8 nitrogen and oxygen atoms in total. The van der Waals surface area contributed by atoms with Crippen LogP contribution in [0.1, 0.15) is 0 Å². The van der Waals surface area contributed by atoms with Crippen molar-refractivity contribution in [2.24, 2.45) is 7.05 Å². The Morgan fingerprint density at radius 2 is 1.79 bits per heavy atom. The summed E-state index contributed by atoms with van der Waals surface area (Å²) < 4.78 is 7.50. The van der Waals surface area contributed by atoms with E-state index in [0.717, 1.165) is 41.5 Å². The number of halogens is 1. The fraction of sp³-hybridized carbons (Fsp3) is 0.250. The second kappa shape index (κ2) is 7.38. The first-order chi connectivity index (χ1) is 14.2. The van der Waals surface area contributed by atoms with Crippen molar-refractivity contribution < 1.29 is 4.74 Å². The van der Waals surface area contributed by atoms with E-state index in [1.165, 1.54) is 0 Å². The van der Waals surface area contributed by atoms with Crippen LogP contribution < -0.4 is 4.90 Å². The van der Waals surface area contributed by atoms with Gasteiger partial charge in [-0.2, -0.15) is 0 Å². The fourth-order valence-electron chi connectivity index (χ4n) is 3.42. The molecule has 0 N–H and O–H groups in total. The number of morpholine rings is 1. The maximum Gasteiger partial charge on any atom is 0.182 e. The van der Waals surface area contributed by atoms with Gasteiger partial charge in [-0.1, -0.05) is 11.6 Å². The monoisotopic (exact) mass is 407 g/mol. The molecule has 0 aromatic carbocycles. The molecular formula is C20H18ClN7O. The third-order valence-corrected chi connectivity index (χ3v) is 5.13. The molecule has 0 amide bonds. The van der Waals surface area contributed by atoms with Gasteiger partial charge in [0.1, 0.15) is 11.5 Å². The number of ether oxygens (including phenoxy) is 1. The van der Waals surface area contributed by atoms with E-state index in [0.29, 0.717) is 29.8 Å². The summed E-state index contributed by atoms with van der Waals surface area (Å²) in [7, 11) is 1.96. The van der Waals surface area contributed by atoms with E-state index < -0.39 is 0 Å². The number of fused-ring (bicyclic) bond motifs is 1. The molecule has 0 spiro atoms. The minimum Gasteiger partial charge on any atom is -0.378 e. The Kier molecular flexibility index (Phi) is 4.57. The summed E-state index contributed by atoms with van der Waals surface area (Å²) >= 11 is 6.00. The lowest BCUT2D eigenvalue weighted by molar-refractivity contribution is 0.122. The van der Waals surface area contributed by atoms with Gasteiger partial charge in [-0.25, -0.2) is 15.0 Å². The normalized spacial score (nSPS) is 14.5. The van der Waals surface area contributed by atoms with E-state index >= 15 is 0 Å². The highest BCUT2D eigenvalue weighted by molar-refractivity contribution is 6.30. The summed E-state index contributed by atoms with van der Waals surface area (Å²) in [6.45, 7) is 2.82. The Hall–Kier alpha value is -3.10. The van der Waals surface area contributed by atoms with E-state index in [2.05, 4.69) is 14.9 Å². The molecule has 4 aromatic rings. The Balaban J connectivity index is 1.73. The van der Waals surface area contributed by atoms with E-state index in [-0.39, 0.29) is 0 Å². The van der Waals surface area contributed by atoms with Gasteiger partial charge in [0, 0.05) is 44.3 Å².